The molecule has 0 aliphatic heterocycles. The summed E-state index contributed by atoms with van der Waals surface area (Å²) in [6, 6.07) is 6.61. The molecule has 0 spiro atoms. The van der Waals surface area contributed by atoms with Crippen LogP contribution in [0.4, 0.5) is 15.8 Å². The molecular weight excluding hydrogens is 253 g/mol. The standard InChI is InChI=1S/C13H13ClFN3/c1-16-10-5-11(8-17-7-10)18-6-9-2-3-13(15)12(14)4-9/h2-5,7-8,16,18H,6H2,1H3. The zero-order valence-corrected chi connectivity index (χ0v) is 10.6. The van der Waals surface area contributed by atoms with Crippen LogP contribution in [0, 0.1) is 5.82 Å². The lowest BCUT2D eigenvalue weighted by Crippen LogP contribution is -2.01. The minimum absolute atomic E-state index is 0.136. The van der Waals surface area contributed by atoms with E-state index in [1.54, 1.807) is 24.5 Å². The van der Waals surface area contributed by atoms with Gasteiger partial charge in [-0.3, -0.25) is 4.98 Å². The molecule has 1 aromatic carbocycles. The Hall–Kier alpha value is -1.81. The number of pyridine rings is 1. The Bertz CT molecular complexity index is 546. The number of nitrogens with zero attached hydrogens (tertiary/aromatic N) is 1. The van der Waals surface area contributed by atoms with Crippen LogP contribution in [0.3, 0.4) is 0 Å². The Balaban J connectivity index is 2.04. The van der Waals surface area contributed by atoms with Gasteiger partial charge in [0.1, 0.15) is 5.82 Å². The molecule has 3 nitrogen and oxygen atoms in total. The first-order chi connectivity index (χ1) is 8.69. The van der Waals surface area contributed by atoms with E-state index >= 15 is 0 Å². The summed E-state index contributed by atoms with van der Waals surface area (Å²) < 4.78 is 13.0. The molecule has 2 rings (SSSR count). The lowest BCUT2D eigenvalue weighted by Gasteiger charge is -2.08. The van der Waals surface area contributed by atoms with Crippen LogP contribution in [-0.2, 0) is 6.54 Å². The third kappa shape index (κ3) is 3.11. The third-order valence-electron chi connectivity index (χ3n) is 2.51. The van der Waals surface area contributed by atoms with Gasteiger partial charge in [0.2, 0.25) is 0 Å². The third-order valence-corrected chi connectivity index (χ3v) is 2.80. The average molecular weight is 266 g/mol. The number of hydrogen-bond acceptors (Lipinski definition) is 3. The highest BCUT2D eigenvalue weighted by Gasteiger charge is 2.01. The predicted octanol–water partition coefficient (Wildman–Crippen LogP) is 3.53. The molecule has 0 atom stereocenters. The summed E-state index contributed by atoms with van der Waals surface area (Å²) in [4.78, 5) is 4.09. The first-order valence-electron chi connectivity index (χ1n) is 5.49. The number of benzene rings is 1. The molecule has 0 saturated heterocycles. The van der Waals surface area contributed by atoms with Crippen molar-refractivity contribution in [2.24, 2.45) is 0 Å². The van der Waals surface area contributed by atoms with E-state index < -0.39 is 5.82 Å². The molecule has 0 fully saturated rings. The second-order valence-electron chi connectivity index (χ2n) is 3.81. The van der Waals surface area contributed by atoms with Gasteiger partial charge in [-0.1, -0.05) is 17.7 Å². The van der Waals surface area contributed by atoms with Crippen molar-refractivity contribution in [1.29, 1.82) is 0 Å². The lowest BCUT2D eigenvalue weighted by molar-refractivity contribution is 0.627. The van der Waals surface area contributed by atoms with E-state index in [0.29, 0.717) is 6.54 Å². The lowest BCUT2D eigenvalue weighted by atomic mass is 10.2. The molecule has 0 aliphatic carbocycles. The minimum Gasteiger partial charge on any atom is -0.387 e. The number of halogens is 2. The van der Waals surface area contributed by atoms with Crippen LogP contribution in [0.1, 0.15) is 5.56 Å². The maximum absolute atomic E-state index is 13.0. The maximum Gasteiger partial charge on any atom is 0.141 e. The number of nitrogens with one attached hydrogen (secondary N) is 2. The molecule has 18 heavy (non-hydrogen) atoms. The quantitative estimate of drug-likeness (QED) is 0.888. The highest BCUT2D eigenvalue weighted by atomic mass is 35.5. The molecular formula is C13H13ClFN3. The Kier molecular flexibility index (Phi) is 3.99. The SMILES string of the molecule is CNc1cncc(NCc2ccc(F)c(Cl)c2)c1. The van der Waals surface area contributed by atoms with Gasteiger partial charge in [-0.25, -0.2) is 4.39 Å². The van der Waals surface area contributed by atoms with Crippen molar-refractivity contribution in [2.75, 3.05) is 17.7 Å². The summed E-state index contributed by atoms with van der Waals surface area (Å²) in [6.07, 6.45) is 3.46. The van der Waals surface area contributed by atoms with Gasteiger partial charge in [-0.2, -0.15) is 0 Å². The molecule has 1 heterocycles. The van der Waals surface area contributed by atoms with Gasteiger partial charge in [0.05, 0.1) is 28.8 Å². The van der Waals surface area contributed by atoms with E-state index in [4.69, 9.17) is 11.6 Å². The Morgan fingerprint density at radius 2 is 2.00 bits per heavy atom. The second kappa shape index (κ2) is 5.69. The Morgan fingerprint density at radius 3 is 2.72 bits per heavy atom. The summed E-state index contributed by atoms with van der Waals surface area (Å²) in [5, 5.41) is 6.34. The Morgan fingerprint density at radius 1 is 1.22 bits per heavy atom. The van der Waals surface area contributed by atoms with E-state index in [1.807, 2.05) is 13.1 Å². The van der Waals surface area contributed by atoms with Crippen molar-refractivity contribution in [1.82, 2.24) is 4.98 Å². The predicted molar refractivity (Wildman–Crippen MR) is 72.5 cm³/mol. The summed E-state index contributed by atoms with van der Waals surface area (Å²) in [6.45, 7) is 0.564. The first-order valence-corrected chi connectivity index (χ1v) is 5.87. The fourth-order valence-electron chi connectivity index (χ4n) is 1.53. The van der Waals surface area contributed by atoms with Crippen LogP contribution in [0.25, 0.3) is 0 Å². The van der Waals surface area contributed by atoms with Crippen molar-refractivity contribution >= 4 is 23.0 Å². The summed E-state index contributed by atoms with van der Waals surface area (Å²) in [5.74, 6) is -0.403. The van der Waals surface area contributed by atoms with Crippen LogP contribution < -0.4 is 10.6 Å². The summed E-state index contributed by atoms with van der Waals surface area (Å²) >= 11 is 5.72. The fourth-order valence-corrected chi connectivity index (χ4v) is 1.73. The number of hydrogen-bond donors (Lipinski definition) is 2. The van der Waals surface area contributed by atoms with Crippen LogP contribution >= 0.6 is 11.6 Å². The van der Waals surface area contributed by atoms with Gasteiger partial charge in [0.25, 0.3) is 0 Å². The van der Waals surface area contributed by atoms with Crippen molar-refractivity contribution in [3.05, 3.63) is 53.1 Å². The van der Waals surface area contributed by atoms with Crippen LogP contribution in [0.5, 0.6) is 0 Å². The van der Waals surface area contributed by atoms with Crippen LogP contribution in [0.15, 0.2) is 36.7 Å². The number of anilines is 2. The van der Waals surface area contributed by atoms with Crippen molar-refractivity contribution in [3.8, 4) is 0 Å². The fraction of sp³-hybridized carbons (Fsp3) is 0.154. The highest BCUT2D eigenvalue weighted by Crippen LogP contribution is 2.18. The van der Waals surface area contributed by atoms with Crippen molar-refractivity contribution in [2.45, 2.75) is 6.54 Å². The molecule has 2 N–H and O–H groups in total. The molecule has 0 unspecified atom stereocenters. The van der Waals surface area contributed by atoms with E-state index in [-0.39, 0.29) is 5.02 Å². The van der Waals surface area contributed by atoms with Gasteiger partial charge in [0.15, 0.2) is 0 Å². The summed E-state index contributed by atoms with van der Waals surface area (Å²) in [7, 11) is 1.83. The molecule has 5 heteroatoms. The minimum atomic E-state index is -0.403. The van der Waals surface area contributed by atoms with Gasteiger partial charge in [-0.05, 0) is 23.8 Å². The van der Waals surface area contributed by atoms with E-state index in [2.05, 4.69) is 15.6 Å². The molecule has 94 valence electrons. The van der Waals surface area contributed by atoms with Crippen molar-refractivity contribution in [3.63, 3.8) is 0 Å². The molecule has 0 saturated carbocycles. The largest absolute Gasteiger partial charge is 0.387 e. The van der Waals surface area contributed by atoms with Crippen molar-refractivity contribution < 1.29 is 4.39 Å². The molecule has 0 bridgehead atoms. The first kappa shape index (κ1) is 12.6. The Labute approximate surface area is 110 Å². The van der Waals surface area contributed by atoms with E-state index in [1.165, 1.54) is 6.07 Å². The van der Waals surface area contributed by atoms with Crippen LogP contribution in [-0.4, -0.2) is 12.0 Å². The zero-order valence-electron chi connectivity index (χ0n) is 9.87. The molecule has 0 aliphatic rings. The molecule has 0 radical (unpaired) electrons. The second-order valence-corrected chi connectivity index (χ2v) is 4.22. The van der Waals surface area contributed by atoms with Gasteiger partial charge >= 0.3 is 0 Å². The molecule has 0 amide bonds. The zero-order chi connectivity index (χ0) is 13.0. The number of aromatic nitrogens is 1. The smallest absolute Gasteiger partial charge is 0.141 e. The monoisotopic (exact) mass is 265 g/mol. The molecule has 1 aromatic heterocycles. The van der Waals surface area contributed by atoms with Gasteiger partial charge in [0, 0.05) is 13.6 Å². The summed E-state index contributed by atoms with van der Waals surface area (Å²) in [5.41, 5.74) is 2.73. The topological polar surface area (TPSA) is 37.0 Å². The highest BCUT2D eigenvalue weighted by molar-refractivity contribution is 6.30. The van der Waals surface area contributed by atoms with E-state index in [0.717, 1.165) is 16.9 Å². The molecule has 2 aromatic rings. The van der Waals surface area contributed by atoms with E-state index in [9.17, 15) is 4.39 Å². The van der Waals surface area contributed by atoms with Gasteiger partial charge in [-0.15, -0.1) is 0 Å². The van der Waals surface area contributed by atoms with Gasteiger partial charge < -0.3 is 10.6 Å². The maximum atomic E-state index is 13.0. The number of rotatable bonds is 4. The van der Waals surface area contributed by atoms with Crippen LogP contribution in [0.2, 0.25) is 5.02 Å². The normalized spacial score (nSPS) is 10.2. The average Bonchev–Trinajstić information content (AvgIpc) is 2.40.